The monoisotopic (exact) mass is 311 g/mol. The maximum atomic E-state index is 5.60. The number of halogens is 1. The van der Waals surface area contributed by atoms with E-state index in [1.165, 1.54) is 0 Å². The molecule has 0 bridgehead atoms. The molecule has 1 heterocycles. The Kier molecular flexibility index (Phi) is 7.99. The SMILES string of the molecule is C#CCOc1c(CNCC2CCCO2)cccc1OC.Cl. The van der Waals surface area contributed by atoms with Crippen molar-refractivity contribution in [3.63, 3.8) is 0 Å². The van der Waals surface area contributed by atoms with Crippen molar-refractivity contribution in [2.45, 2.75) is 25.5 Å². The van der Waals surface area contributed by atoms with Crippen LogP contribution in [0.1, 0.15) is 18.4 Å². The second-order valence-electron chi connectivity index (χ2n) is 4.71. The van der Waals surface area contributed by atoms with Crippen molar-refractivity contribution in [1.82, 2.24) is 5.32 Å². The maximum Gasteiger partial charge on any atom is 0.167 e. The summed E-state index contributed by atoms with van der Waals surface area (Å²) in [5.74, 6) is 3.90. The van der Waals surface area contributed by atoms with Gasteiger partial charge in [-0.05, 0) is 18.9 Å². The molecule has 0 saturated carbocycles. The minimum atomic E-state index is 0. The lowest BCUT2D eigenvalue weighted by molar-refractivity contribution is 0.110. The quantitative estimate of drug-likeness (QED) is 0.785. The molecular weight excluding hydrogens is 290 g/mol. The maximum absolute atomic E-state index is 5.60. The summed E-state index contributed by atoms with van der Waals surface area (Å²) < 4.78 is 16.5. The second kappa shape index (κ2) is 9.51. The predicted octanol–water partition coefficient (Wildman–Crippen LogP) is 2.40. The van der Waals surface area contributed by atoms with Gasteiger partial charge in [-0.1, -0.05) is 18.1 Å². The zero-order valence-corrected chi connectivity index (χ0v) is 13.1. The Morgan fingerprint density at radius 1 is 1.48 bits per heavy atom. The highest BCUT2D eigenvalue weighted by molar-refractivity contribution is 5.85. The first-order chi connectivity index (χ1) is 9.85. The molecule has 1 aliphatic heterocycles. The zero-order chi connectivity index (χ0) is 14.2. The Bertz CT molecular complexity index is 467. The van der Waals surface area contributed by atoms with E-state index >= 15 is 0 Å². The molecule has 1 unspecified atom stereocenters. The van der Waals surface area contributed by atoms with E-state index in [9.17, 15) is 0 Å². The Morgan fingerprint density at radius 3 is 3.00 bits per heavy atom. The number of para-hydroxylation sites is 1. The smallest absolute Gasteiger partial charge is 0.167 e. The van der Waals surface area contributed by atoms with Crippen LogP contribution in [0.5, 0.6) is 11.5 Å². The molecule has 1 aromatic carbocycles. The number of methoxy groups -OCH3 is 1. The van der Waals surface area contributed by atoms with Crippen LogP contribution in [0, 0.1) is 12.3 Å². The minimum absolute atomic E-state index is 0. The zero-order valence-electron chi connectivity index (χ0n) is 12.3. The number of benzene rings is 1. The van der Waals surface area contributed by atoms with Crippen LogP contribution in [-0.2, 0) is 11.3 Å². The molecule has 0 spiro atoms. The van der Waals surface area contributed by atoms with Crippen LogP contribution in [-0.4, -0.2) is 33.0 Å². The molecule has 1 aliphatic rings. The molecule has 1 aromatic rings. The second-order valence-corrected chi connectivity index (χ2v) is 4.71. The van der Waals surface area contributed by atoms with Gasteiger partial charge in [-0.2, -0.15) is 0 Å². The number of rotatable bonds is 7. The number of hydrogen-bond donors (Lipinski definition) is 1. The summed E-state index contributed by atoms with van der Waals surface area (Å²) >= 11 is 0. The van der Waals surface area contributed by atoms with Gasteiger partial charge in [-0.25, -0.2) is 0 Å². The van der Waals surface area contributed by atoms with E-state index in [-0.39, 0.29) is 19.0 Å². The summed E-state index contributed by atoms with van der Waals surface area (Å²) in [6.45, 7) is 2.67. The molecule has 116 valence electrons. The average Bonchev–Trinajstić information content (AvgIpc) is 2.98. The van der Waals surface area contributed by atoms with E-state index in [1.54, 1.807) is 7.11 Å². The molecule has 21 heavy (non-hydrogen) atoms. The van der Waals surface area contributed by atoms with Crippen LogP contribution in [0.2, 0.25) is 0 Å². The largest absolute Gasteiger partial charge is 0.493 e. The van der Waals surface area contributed by atoms with E-state index in [4.69, 9.17) is 20.6 Å². The third-order valence-corrected chi connectivity index (χ3v) is 3.29. The van der Waals surface area contributed by atoms with Crippen LogP contribution in [0.3, 0.4) is 0 Å². The van der Waals surface area contributed by atoms with Gasteiger partial charge >= 0.3 is 0 Å². The normalized spacial score (nSPS) is 16.9. The molecule has 0 aromatic heterocycles. The predicted molar refractivity (Wildman–Crippen MR) is 85.3 cm³/mol. The van der Waals surface area contributed by atoms with E-state index in [0.29, 0.717) is 24.1 Å². The Balaban J connectivity index is 0.00000220. The Labute approximate surface area is 132 Å². The summed E-state index contributed by atoms with van der Waals surface area (Å²) in [4.78, 5) is 0. The summed E-state index contributed by atoms with van der Waals surface area (Å²) in [7, 11) is 1.63. The average molecular weight is 312 g/mol. The van der Waals surface area contributed by atoms with Crippen molar-refractivity contribution in [1.29, 1.82) is 0 Å². The molecule has 0 radical (unpaired) electrons. The molecule has 0 amide bonds. The summed E-state index contributed by atoms with van der Waals surface area (Å²) in [5.41, 5.74) is 1.04. The highest BCUT2D eigenvalue weighted by atomic mass is 35.5. The van der Waals surface area contributed by atoms with Crippen molar-refractivity contribution in [3.8, 4) is 23.8 Å². The van der Waals surface area contributed by atoms with Gasteiger partial charge in [0.2, 0.25) is 0 Å². The standard InChI is InChI=1S/C16H21NO3.ClH/c1-3-9-20-16-13(6-4-8-15(16)18-2)11-17-12-14-7-5-10-19-14;/h1,4,6,8,14,17H,5,7,9-12H2,2H3;1H. The van der Waals surface area contributed by atoms with Crippen LogP contribution in [0.4, 0.5) is 0 Å². The highest BCUT2D eigenvalue weighted by Gasteiger charge is 2.15. The number of ether oxygens (including phenoxy) is 3. The third-order valence-electron chi connectivity index (χ3n) is 3.29. The Hall–Kier alpha value is -1.41. The number of hydrogen-bond acceptors (Lipinski definition) is 4. The molecule has 5 heteroatoms. The van der Waals surface area contributed by atoms with Gasteiger partial charge in [0.05, 0.1) is 13.2 Å². The van der Waals surface area contributed by atoms with Gasteiger partial charge in [-0.15, -0.1) is 18.8 Å². The van der Waals surface area contributed by atoms with Crippen LogP contribution in [0.25, 0.3) is 0 Å². The lowest BCUT2D eigenvalue weighted by Gasteiger charge is -2.15. The van der Waals surface area contributed by atoms with Crippen molar-refractivity contribution in [2.24, 2.45) is 0 Å². The lowest BCUT2D eigenvalue weighted by atomic mass is 10.1. The van der Waals surface area contributed by atoms with Crippen LogP contribution in [0.15, 0.2) is 18.2 Å². The van der Waals surface area contributed by atoms with Crippen LogP contribution < -0.4 is 14.8 Å². The molecule has 1 fully saturated rings. The highest BCUT2D eigenvalue weighted by Crippen LogP contribution is 2.31. The van der Waals surface area contributed by atoms with Gasteiger partial charge in [0.25, 0.3) is 0 Å². The van der Waals surface area contributed by atoms with Crippen molar-refractivity contribution in [2.75, 3.05) is 26.9 Å². The van der Waals surface area contributed by atoms with Gasteiger partial charge in [-0.3, -0.25) is 0 Å². The fraction of sp³-hybridized carbons (Fsp3) is 0.500. The van der Waals surface area contributed by atoms with Crippen LogP contribution >= 0.6 is 12.4 Å². The first-order valence-electron chi connectivity index (χ1n) is 6.89. The third kappa shape index (κ3) is 5.13. The van der Waals surface area contributed by atoms with Gasteiger partial charge in [0.15, 0.2) is 11.5 Å². The fourth-order valence-corrected chi connectivity index (χ4v) is 2.31. The lowest BCUT2D eigenvalue weighted by Crippen LogP contribution is -2.26. The van der Waals surface area contributed by atoms with Crippen molar-refractivity contribution in [3.05, 3.63) is 23.8 Å². The van der Waals surface area contributed by atoms with Crippen molar-refractivity contribution < 1.29 is 14.2 Å². The number of terminal acetylenes is 1. The number of nitrogens with one attached hydrogen (secondary N) is 1. The fourth-order valence-electron chi connectivity index (χ4n) is 2.31. The van der Waals surface area contributed by atoms with E-state index in [2.05, 4.69) is 11.2 Å². The summed E-state index contributed by atoms with van der Waals surface area (Å²) in [6, 6.07) is 5.83. The van der Waals surface area contributed by atoms with Crippen molar-refractivity contribution >= 4 is 12.4 Å². The Morgan fingerprint density at radius 2 is 2.33 bits per heavy atom. The summed E-state index contributed by atoms with van der Waals surface area (Å²) in [5, 5.41) is 3.40. The van der Waals surface area contributed by atoms with E-state index in [0.717, 1.165) is 31.6 Å². The topological polar surface area (TPSA) is 39.7 Å². The minimum Gasteiger partial charge on any atom is -0.493 e. The molecule has 2 rings (SSSR count). The van der Waals surface area contributed by atoms with E-state index < -0.39 is 0 Å². The molecule has 1 atom stereocenters. The molecule has 1 N–H and O–H groups in total. The van der Waals surface area contributed by atoms with Gasteiger partial charge < -0.3 is 19.5 Å². The van der Waals surface area contributed by atoms with Gasteiger partial charge in [0.1, 0.15) is 6.61 Å². The molecular formula is C16H22ClNO3. The molecule has 4 nitrogen and oxygen atoms in total. The van der Waals surface area contributed by atoms with Gasteiger partial charge in [0, 0.05) is 25.3 Å². The summed E-state index contributed by atoms with van der Waals surface area (Å²) in [6.07, 6.45) is 7.87. The molecule has 1 saturated heterocycles. The first-order valence-corrected chi connectivity index (χ1v) is 6.89. The van der Waals surface area contributed by atoms with E-state index in [1.807, 2.05) is 18.2 Å². The first kappa shape index (κ1) is 17.6. The molecule has 0 aliphatic carbocycles.